The first-order chi connectivity index (χ1) is 13.2. The quantitative estimate of drug-likeness (QED) is 0.727. The highest BCUT2D eigenvalue weighted by molar-refractivity contribution is 5.76. The van der Waals surface area contributed by atoms with E-state index in [2.05, 4.69) is 23.0 Å². The van der Waals surface area contributed by atoms with Gasteiger partial charge in [0.05, 0.1) is 17.1 Å². The van der Waals surface area contributed by atoms with Crippen LogP contribution < -0.4 is 5.32 Å². The number of fused-ring (bicyclic) bond motifs is 1. The third-order valence-corrected chi connectivity index (χ3v) is 5.64. The van der Waals surface area contributed by atoms with Crippen LogP contribution in [-0.2, 0) is 18.2 Å². The molecule has 0 unspecified atom stereocenters. The van der Waals surface area contributed by atoms with E-state index in [9.17, 15) is 4.79 Å². The molecule has 0 spiro atoms. The molecule has 2 heterocycles. The molecule has 146 valence electrons. The normalized spacial score (nSPS) is 19.5. The molecule has 1 saturated carbocycles. The topological polar surface area (TPSA) is 59.4 Å². The maximum atomic E-state index is 12.7. The molecule has 2 aromatic rings. The molecule has 2 amide bonds. The third kappa shape index (κ3) is 4.61. The van der Waals surface area contributed by atoms with Gasteiger partial charge in [0.2, 0.25) is 0 Å². The second-order valence-corrected chi connectivity index (χ2v) is 7.89. The highest BCUT2D eigenvalue weighted by Crippen LogP contribution is 2.30. The molecule has 1 aromatic carbocycles. The first-order valence-electron chi connectivity index (χ1n) is 10.3. The van der Waals surface area contributed by atoms with Gasteiger partial charge < -0.3 is 19.5 Å². The number of hydrogen-bond acceptors (Lipinski definition) is 3. The highest BCUT2D eigenvalue weighted by Gasteiger charge is 2.29. The predicted octanol–water partition coefficient (Wildman–Crippen LogP) is 3.11. The summed E-state index contributed by atoms with van der Waals surface area (Å²) >= 11 is 0. The Bertz CT molecular complexity index is 778. The van der Waals surface area contributed by atoms with E-state index in [4.69, 9.17) is 9.72 Å². The second-order valence-electron chi connectivity index (χ2n) is 7.89. The van der Waals surface area contributed by atoms with Crippen molar-refractivity contribution >= 4 is 17.1 Å². The lowest BCUT2D eigenvalue weighted by Gasteiger charge is -2.25. The van der Waals surface area contributed by atoms with Gasteiger partial charge in [-0.15, -0.1) is 0 Å². The highest BCUT2D eigenvalue weighted by atomic mass is 16.5. The summed E-state index contributed by atoms with van der Waals surface area (Å²) < 4.78 is 7.88. The number of ether oxygens (including phenoxy) is 1. The standard InChI is InChI=1S/C21H30N4O2/c1-24-19-8-3-2-7-18(19)23-20(24)9-4-12-22-21(26)25(14-16-10-11-16)15-17-6-5-13-27-17/h2-3,7-8,16-17H,4-6,9-15H2,1H3,(H,22,26)/t17-/m1/s1. The average Bonchev–Trinajstić information content (AvgIpc) is 3.23. The largest absolute Gasteiger partial charge is 0.376 e. The molecule has 1 saturated heterocycles. The molecule has 1 aliphatic heterocycles. The number of nitrogens with one attached hydrogen (secondary N) is 1. The van der Waals surface area contributed by atoms with E-state index < -0.39 is 0 Å². The van der Waals surface area contributed by atoms with Crippen LogP contribution in [0.15, 0.2) is 24.3 Å². The molecule has 1 atom stereocenters. The van der Waals surface area contributed by atoms with E-state index in [1.165, 1.54) is 12.8 Å². The van der Waals surface area contributed by atoms with Gasteiger partial charge in [0.25, 0.3) is 0 Å². The van der Waals surface area contributed by atoms with Gasteiger partial charge in [-0.1, -0.05) is 12.1 Å². The van der Waals surface area contributed by atoms with Gasteiger partial charge in [-0.2, -0.15) is 0 Å². The number of urea groups is 1. The Kier molecular flexibility index (Phi) is 5.62. The molecule has 27 heavy (non-hydrogen) atoms. The van der Waals surface area contributed by atoms with Gasteiger partial charge in [-0.3, -0.25) is 0 Å². The fourth-order valence-electron chi connectivity index (χ4n) is 3.86. The van der Waals surface area contributed by atoms with Gasteiger partial charge in [0, 0.05) is 39.7 Å². The zero-order valence-corrected chi connectivity index (χ0v) is 16.2. The second kappa shape index (κ2) is 8.30. The Morgan fingerprint density at radius 2 is 2.15 bits per heavy atom. The van der Waals surface area contributed by atoms with Crippen LogP contribution in [0.3, 0.4) is 0 Å². The van der Waals surface area contributed by atoms with Gasteiger partial charge in [-0.25, -0.2) is 9.78 Å². The van der Waals surface area contributed by atoms with Crippen molar-refractivity contribution in [3.05, 3.63) is 30.1 Å². The number of amides is 2. The van der Waals surface area contributed by atoms with Gasteiger partial charge in [0.15, 0.2) is 0 Å². The van der Waals surface area contributed by atoms with Crippen LogP contribution in [-0.4, -0.2) is 52.8 Å². The minimum absolute atomic E-state index is 0.0578. The molecule has 4 rings (SSSR count). The maximum absolute atomic E-state index is 12.7. The lowest BCUT2D eigenvalue weighted by molar-refractivity contribution is 0.0801. The Balaban J connectivity index is 1.26. The van der Waals surface area contributed by atoms with E-state index in [0.29, 0.717) is 12.5 Å². The minimum atomic E-state index is 0.0578. The summed E-state index contributed by atoms with van der Waals surface area (Å²) in [5, 5.41) is 3.11. The predicted molar refractivity (Wildman–Crippen MR) is 106 cm³/mol. The van der Waals surface area contributed by atoms with Crippen LogP contribution in [0.5, 0.6) is 0 Å². The molecular formula is C21H30N4O2. The van der Waals surface area contributed by atoms with Crippen molar-refractivity contribution in [2.24, 2.45) is 13.0 Å². The molecule has 6 heteroatoms. The number of imidazole rings is 1. The number of rotatable bonds is 8. The molecule has 0 bridgehead atoms. The number of aryl methyl sites for hydroxylation is 2. The fourth-order valence-corrected chi connectivity index (χ4v) is 3.86. The van der Waals surface area contributed by atoms with Crippen LogP contribution in [0.25, 0.3) is 11.0 Å². The van der Waals surface area contributed by atoms with Gasteiger partial charge in [0.1, 0.15) is 5.82 Å². The smallest absolute Gasteiger partial charge is 0.317 e. The zero-order chi connectivity index (χ0) is 18.6. The summed E-state index contributed by atoms with van der Waals surface area (Å²) in [6.45, 7) is 3.11. The van der Waals surface area contributed by atoms with E-state index in [1.54, 1.807) is 0 Å². The van der Waals surface area contributed by atoms with Crippen LogP contribution in [0.4, 0.5) is 4.79 Å². The van der Waals surface area contributed by atoms with Gasteiger partial charge >= 0.3 is 6.03 Å². The van der Waals surface area contributed by atoms with E-state index in [-0.39, 0.29) is 12.1 Å². The first-order valence-corrected chi connectivity index (χ1v) is 10.3. The lowest BCUT2D eigenvalue weighted by Crippen LogP contribution is -2.45. The van der Waals surface area contributed by atoms with Crippen LogP contribution in [0, 0.1) is 5.92 Å². The Morgan fingerprint density at radius 3 is 2.89 bits per heavy atom. The fraction of sp³-hybridized carbons (Fsp3) is 0.619. The summed E-state index contributed by atoms with van der Waals surface area (Å²) in [7, 11) is 2.06. The number of hydrogen-bond donors (Lipinski definition) is 1. The number of nitrogens with zero attached hydrogens (tertiary/aromatic N) is 3. The molecule has 2 fully saturated rings. The molecular weight excluding hydrogens is 340 g/mol. The minimum Gasteiger partial charge on any atom is -0.376 e. The number of para-hydroxylation sites is 2. The van der Waals surface area contributed by atoms with Crippen molar-refractivity contribution < 1.29 is 9.53 Å². The summed E-state index contributed by atoms with van der Waals surface area (Å²) in [6.07, 6.45) is 6.65. The van der Waals surface area contributed by atoms with Crippen molar-refractivity contribution in [3.63, 3.8) is 0 Å². The van der Waals surface area contributed by atoms with Crippen molar-refractivity contribution in [3.8, 4) is 0 Å². The summed E-state index contributed by atoms with van der Waals surface area (Å²) in [4.78, 5) is 19.3. The molecule has 0 radical (unpaired) electrons. The zero-order valence-electron chi connectivity index (χ0n) is 16.2. The maximum Gasteiger partial charge on any atom is 0.317 e. The number of benzene rings is 1. The van der Waals surface area contributed by atoms with Gasteiger partial charge in [-0.05, 0) is 50.2 Å². The average molecular weight is 370 g/mol. The van der Waals surface area contributed by atoms with Crippen molar-refractivity contribution in [2.45, 2.75) is 44.6 Å². The molecule has 1 N–H and O–H groups in total. The summed E-state index contributed by atoms with van der Waals surface area (Å²) in [5.74, 6) is 1.76. The van der Waals surface area contributed by atoms with Crippen LogP contribution in [0.1, 0.15) is 37.9 Å². The Hall–Kier alpha value is -2.08. The number of aromatic nitrogens is 2. The lowest BCUT2D eigenvalue weighted by atomic mass is 10.2. The third-order valence-electron chi connectivity index (χ3n) is 5.64. The number of carbonyl (C=O) groups excluding carboxylic acids is 1. The van der Waals surface area contributed by atoms with Crippen LogP contribution >= 0.6 is 0 Å². The molecule has 1 aliphatic carbocycles. The number of carbonyl (C=O) groups is 1. The van der Waals surface area contributed by atoms with Crippen molar-refractivity contribution in [1.82, 2.24) is 19.8 Å². The summed E-state index contributed by atoms with van der Waals surface area (Å²) in [5.41, 5.74) is 2.19. The SMILES string of the molecule is Cn1c(CCCNC(=O)N(CC2CC2)C[C@H]2CCCO2)nc2ccccc21. The van der Waals surface area contributed by atoms with Crippen molar-refractivity contribution in [2.75, 3.05) is 26.2 Å². The monoisotopic (exact) mass is 370 g/mol. The van der Waals surface area contributed by atoms with E-state index in [0.717, 1.165) is 62.2 Å². The summed E-state index contributed by atoms with van der Waals surface area (Å²) in [6, 6.07) is 8.25. The molecule has 6 nitrogen and oxygen atoms in total. The van der Waals surface area contributed by atoms with E-state index >= 15 is 0 Å². The van der Waals surface area contributed by atoms with Crippen LogP contribution in [0.2, 0.25) is 0 Å². The Morgan fingerprint density at radius 1 is 1.30 bits per heavy atom. The molecule has 2 aliphatic rings. The Labute approximate surface area is 160 Å². The van der Waals surface area contributed by atoms with E-state index in [1.807, 2.05) is 23.1 Å². The first kappa shape index (κ1) is 18.3. The molecule has 1 aromatic heterocycles. The van der Waals surface area contributed by atoms with Crippen molar-refractivity contribution in [1.29, 1.82) is 0 Å².